The zero-order chi connectivity index (χ0) is 4.50. The van der Waals surface area contributed by atoms with Gasteiger partial charge in [-0.05, 0) is 0 Å². The van der Waals surface area contributed by atoms with E-state index in [1.54, 1.807) is 0 Å². The fraction of sp³-hybridized carbons (Fsp3) is 0. The van der Waals surface area contributed by atoms with Gasteiger partial charge in [0.1, 0.15) is 0 Å². The average Bonchev–Trinajstić information content (AvgIpc) is 0.722. The van der Waals surface area contributed by atoms with E-state index in [0.29, 0.717) is 0 Å². The van der Waals surface area contributed by atoms with Crippen LogP contribution in [0.5, 0.6) is 0 Å². The third kappa shape index (κ3) is 93.1. The Morgan fingerprint density at radius 2 is 1.14 bits per heavy atom. The van der Waals surface area contributed by atoms with E-state index < -0.39 is 10.4 Å². The molecule has 0 saturated heterocycles. The molecular formula is H4INaO4S. The molecule has 4 nitrogen and oxygen atoms in total. The fourth-order valence-corrected chi connectivity index (χ4v) is 0. The van der Waals surface area contributed by atoms with Gasteiger partial charge in [-0.3, -0.25) is 9.11 Å². The predicted molar refractivity (Wildman–Crippen MR) is 36.7 cm³/mol. The summed E-state index contributed by atoms with van der Waals surface area (Å²) in [6.07, 6.45) is 0. The van der Waals surface area contributed by atoms with Gasteiger partial charge in [0, 0.05) is 0 Å². The molecule has 7 heavy (non-hydrogen) atoms. The molecule has 0 bridgehead atoms. The molecule has 0 fully saturated rings. The van der Waals surface area contributed by atoms with E-state index in [1.807, 2.05) is 0 Å². The van der Waals surface area contributed by atoms with Crippen LogP contribution in [0.4, 0.5) is 0 Å². The normalized spacial score (nSPS) is 8.29. The molecule has 0 aromatic carbocycles. The Balaban J connectivity index is -0.0000000800. The Kier molecular flexibility index (Phi) is 13.0. The van der Waals surface area contributed by atoms with Gasteiger partial charge in [0.05, 0.1) is 0 Å². The van der Waals surface area contributed by atoms with Crippen LogP contribution in [0.1, 0.15) is 0 Å². The van der Waals surface area contributed by atoms with Crippen LogP contribution in [0.3, 0.4) is 0 Å². The molecule has 0 rings (SSSR count). The van der Waals surface area contributed by atoms with Crippen LogP contribution in [0.15, 0.2) is 0 Å². The Morgan fingerprint density at radius 3 is 1.14 bits per heavy atom. The number of rotatable bonds is 0. The van der Waals surface area contributed by atoms with Gasteiger partial charge in [-0.15, -0.1) is 24.0 Å². The molecule has 0 heterocycles. The zero-order valence-electron chi connectivity index (χ0n) is 2.53. The van der Waals surface area contributed by atoms with Crippen LogP contribution in [0.25, 0.3) is 0 Å². The molecule has 0 aromatic rings. The van der Waals surface area contributed by atoms with Crippen LogP contribution < -0.4 is 0 Å². The van der Waals surface area contributed by atoms with E-state index >= 15 is 0 Å². The van der Waals surface area contributed by atoms with Gasteiger partial charge in [0.15, 0.2) is 0 Å². The molecular weight excluding hydrogens is 246 g/mol. The van der Waals surface area contributed by atoms with Crippen LogP contribution >= 0.6 is 24.0 Å². The van der Waals surface area contributed by atoms with E-state index in [0.717, 1.165) is 0 Å². The van der Waals surface area contributed by atoms with Gasteiger partial charge >= 0.3 is 40.0 Å². The molecule has 0 unspecified atom stereocenters. The van der Waals surface area contributed by atoms with Crippen LogP contribution in [0.2, 0.25) is 0 Å². The van der Waals surface area contributed by atoms with Crippen LogP contribution in [-0.2, 0) is 10.4 Å². The average molecular weight is 250 g/mol. The summed E-state index contributed by atoms with van der Waals surface area (Å²) in [5, 5.41) is 0. The van der Waals surface area contributed by atoms with Crippen molar-refractivity contribution in [3.8, 4) is 0 Å². The van der Waals surface area contributed by atoms with Gasteiger partial charge < -0.3 is 0 Å². The Hall–Kier alpha value is 1.60. The topological polar surface area (TPSA) is 74.6 Å². The molecule has 0 amide bonds. The van der Waals surface area contributed by atoms with E-state index in [2.05, 4.69) is 0 Å². The SMILES string of the molecule is I.O=S(=O)(O)O.[NaH]. The molecule has 0 aromatic heterocycles. The van der Waals surface area contributed by atoms with Crippen LogP contribution in [-0.4, -0.2) is 47.1 Å². The Bertz CT molecular complexity index is 94.9. The quantitative estimate of drug-likeness (QED) is 0.339. The van der Waals surface area contributed by atoms with Crippen molar-refractivity contribution in [2.75, 3.05) is 0 Å². The third-order valence-corrected chi connectivity index (χ3v) is 0. The minimum absolute atomic E-state index is 0. The van der Waals surface area contributed by atoms with Crippen molar-refractivity contribution >= 4 is 63.9 Å². The van der Waals surface area contributed by atoms with Crippen molar-refractivity contribution in [3.05, 3.63) is 0 Å². The first-order valence-corrected chi connectivity index (χ1v) is 2.10. The maximum atomic E-state index is 8.74. The number of hydrogen-bond acceptors (Lipinski definition) is 2. The summed E-state index contributed by atoms with van der Waals surface area (Å²) in [7, 11) is -4.67. The van der Waals surface area contributed by atoms with Gasteiger partial charge in [0.25, 0.3) is 0 Å². The van der Waals surface area contributed by atoms with Crippen LogP contribution in [0, 0.1) is 0 Å². The van der Waals surface area contributed by atoms with Crippen molar-refractivity contribution in [1.29, 1.82) is 0 Å². The van der Waals surface area contributed by atoms with E-state index in [4.69, 9.17) is 17.5 Å². The standard InChI is InChI=1S/HI.Na.H2O4S.H/c;;1-5(2,3)4;/h1H;;(H2,1,2,3,4);. The number of hydrogen-bond donors (Lipinski definition) is 2. The van der Waals surface area contributed by atoms with Gasteiger partial charge in [-0.1, -0.05) is 0 Å². The van der Waals surface area contributed by atoms with E-state index in [1.165, 1.54) is 0 Å². The van der Waals surface area contributed by atoms with E-state index in [9.17, 15) is 0 Å². The van der Waals surface area contributed by atoms with Gasteiger partial charge in [-0.25, -0.2) is 0 Å². The van der Waals surface area contributed by atoms with Crippen molar-refractivity contribution in [2.24, 2.45) is 0 Å². The van der Waals surface area contributed by atoms with Crippen molar-refractivity contribution < 1.29 is 17.5 Å². The summed E-state index contributed by atoms with van der Waals surface area (Å²) in [6.45, 7) is 0. The van der Waals surface area contributed by atoms with Crippen molar-refractivity contribution in [2.45, 2.75) is 0 Å². The maximum absolute atomic E-state index is 8.74. The molecule has 0 aliphatic rings. The fourth-order valence-electron chi connectivity index (χ4n) is 0. The molecule has 0 atom stereocenters. The second-order valence-corrected chi connectivity index (χ2v) is 1.34. The molecule has 42 valence electrons. The van der Waals surface area contributed by atoms with Gasteiger partial charge in [0.2, 0.25) is 0 Å². The van der Waals surface area contributed by atoms with Crippen molar-refractivity contribution in [1.82, 2.24) is 0 Å². The first kappa shape index (κ1) is 15.8. The third-order valence-electron chi connectivity index (χ3n) is 0. The summed E-state index contributed by atoms with van der Waals surface area (Å²) in [5.74, 6) is 0. The molecule has 0 spiro atoms. The summed E-state index contributed by atoms with van der Waals surface area (Å²) in [6, 6.07) is 0. The molecule has 0 aliphatic carbocycles. The summed E-state index contributed by atoms with van der Waals surface area (Å²) in [4.78, 5) is 0. The second-order valence-electron chi connectivity index (χ2n) is 0.448. The first-order chi connectivity index (χ1) is 2.00. The minimum atomic E-state index is -4.67. The molecule has 0 saturated carbocycles. The monoisotopic (exact) mass is 250 g/mol. The van der Waals surface area contributed by atoms with E-state index in [-0.39, 0.29) is 53.5 Å². The summed E-state index contributed by atoms with van der Waals surface area (Å²) in [5.41, 5.74) is 0. The Morgan fingerprint density at radius 1 is 1.14 bits per heavy atom. The first-order valence-electron chi connectivity index (χ1n) is 0.698. The molecule has 0 aliphatic heterocycles. The molecule has 0 radical (unpaired) electrons. The molecule has 7 heteroatoms. The number of halogens is 1. The Labute approximate surface area is 80.6 Å². The van der Waals surface area contributed by atoms with Gasteiger partial charge in [-0.2, -0.15) is 8.42 Å². The summed E-state index contributed by atoms with van der Waals surface area (Å²) >= 11 is 0. The van der Waals surface area contributed by atoms with Crippen molar-refractivity contribution in [3.63, 3.8) is 0 Å². The molecule has 2 N–H and O–H groups in total. The predicted octanol–water partition coefficient (Wildman–Crippen LogP) is -0.683. The second kappa shape index (κ2) is 5.73. The zero-order valence-corrected chi connectivity index (χ0v) is 5.67. The summed E-state index contributed by atoms with van der Waals surface area (Å²) < 4.78 is 31.6.